The third-order valence-corrected chi connectivity index (χ3v) is 9.12. The van der Waals surface area contributed by atoms with E-state index >= 15 is 0 Å². The highest BCUT2D eigenvalue weighted by Crippen LogP contribution is 2.28. The molecule has 4 heterocycles. The van der Waals surface area contributed by atoms with Gasteiger partial charge in [-0.1, -0.05) is 17.4 Å². The van der Waals surface area contributed by atoms with Crippen LogP contribution in [0.4, 0.5) is 0 Å². The molecule has 0 aliphatic carbocycles. The SMILES string of the molecule is O=S(=O)(c1cccs1)N1CCC(N2CCC(Oc3nccs3)CC2)CC1. The maximum Gasteiger partial charge on any atom is 0.273 e. The third kappa shape index (κ3) is 3.96. The van der Waals surface area contributed by atoms with Crippen molar-refractivity contribution in [3.05, 3.63) is 29.1 Å². The van der Waals surface area contributed by atoms with E-state index in [0.717, 1.165) is 44.0 Å². The number of nitrogens with zero attached hydrogens (tertiary/aromatic N) is 3. The van der Waals surface area contributed by atoms with Gasteiger partial charge in [-0.05, 0) is 37.1 Å². The van der Waals surface area contributed by atoms with E-state index in [1.165, 1.54) is 22.7 Å². The van der Waals surface area contributed by atoms with E-state index in [2.05, 4.69) is 9.88 Å². The number of piperidine rings is 2. The minimum Gasteiger partial charge on any atom is -0.467 e. The lowest BCUT2D eigenvalue weighted by Crippen LogP contribution is -2.50. The number of hydrogen-bond acceptors (Lipinski definition) is 7. The fourth-order valence-corrected chi connectivity index (χ4v) is 6.92. The van der Waals surface area contributed by atoms with Gasteiger partial charge < -0.3 is 9.64 Å². The first-order valence-electron chi connectivity index (χ1n) is 8.97. The summed E-state index contributed by atoms with van der Waals surface area (Å²) in [6.45, 7) is 3.25. The molecule has 0 atom stereocenters. The smallest absolute Gasteiger partial charge is 0.273 e. The molecule has 2 aliphatic heterocycles. The second-order valence-corrected chi connectivity index (χ2v) is 10.7. The Kier molecular flexibility index (Phi) is 5.61. The van der Waals surface area contributed by atoms with Gasteiger partial charge in [-0.25, -0.2) is 13.4 Å². The molecule has 0 bridgehead atoms. The lowest BCUT2D eigenvalue weighted by molar-refractivity contribution is 0.0584. The Bertz CT molecular complexity index is 777. The second kappa shape index (κ2) is 7.93. The highest BCUT2D eigenvalue weighted by molar-refractivity contribution is 7.91. The summed E-state index contributed by atoms with van der Waals surface area (Å²) < 4.78 is 33.3. The van der Waals surface area contributed by atoms with E-state index in [1.807, 2.05) is 10.8 Å². The van der Waals surface area contributed by atoms with Crippen molar-refractivity contribution in [2.24, 2.45) is 0 Å². The molecule has 0 amide bonds. The summed E-state index contributed by atoms with van der Waals surface area (Å²) >= 11 is 2.83. The number of hydrogen-bond donors (Lipinski definition) is 0. The number of aromatic nitrogens is 1. The van der Waals surface area contributed by atoms with Crippen LogP contribution in [0.2, 0.25) is 0 Å². The van der Waals surface area contributed by atoms with Crippen molar-refractivity contribution in [2.75, 3.05) is 26.2 Å². The quantitative estimate of drug-likeness (QED) is 0.754. The van der Waals surface area contributed by atoms with Crippen LogP contribution in [-0.2, 0) is 10.0 Å². The first-order valence-corrected chi connectivity index (χ1v) is 12.2. The molecule has 0 radical (unpaired) electrons. The highest BCUT2D eigenvalue weighted by atomic mass is 32.2. The number of likely N-dealkylation sites (tertiary alicyclic amines) is 1. The van der Waals surface area contributed by atoms with Crippen molar-refractivity contribution >= 4 is 32.7 Å². The maximum absolute atomic E-state index is 12.6. The molecule has 2 fully saturated rings. The van der Waals surface area contributed by atoms with Gasteiger partial charge >= 0.3 is 0 Å². The highest BCUT2D eigenvalue weighted by Gasteiger charge is 2.33. The van der Waals surface area contributed by atoms with Crippen LogP contribution < -0.4 is 4.74 Å². The van der Waals surface area contributed by atoms with Crippen LogP contribution in [-0.4, -0.2) is 60.9 Å². The Morgan fingerprint density at radius 3 is 2.42 bits per heavy atom. The summed E-state index contributed by atoms with van der Waals surface area (Å²) in [7, 11) is -3.30. The Hall–Kier alpha value is -1.00. The Balaban J connectivity index is 1.27. The standard InChI is InChI=1S/C17H23N3O3S3/c21-26(22,16-2-1-12-24-16)20-10-3-14(4-11-20)19-8-5-15(6-9-19)23-17-18-7-13-25-17/h1-2,7,12-15H,3-6,8-11H2. The molecule has 26 heavy (non-hydrogen) atoms. The molecule has 0 N–H and O–H groups in total. The van der Waals surface area contributed by atoms with E-state index in [4.69, 9.17) is 4.74 Å². The average Bonchev–Trinajstić information content (AvgIpc) is 3.37. The molecule has 9 heteroatoms. The van der Waals surface area contributed by atoms with Crippen LogP contribution in [0.1, 0.15) is 25.7 Å². The Morgan fingerprint density at radius 2 is 1.81 bits per heavy atom. The normalized spacial score (nSPS) is 21.8. The minimum absolute atomic E-state index is 0.247. The van der Waals surface area contributed by atoms with Crippen molar-refractivity contribution in [1.82, 2.24) is 14.2 Å². The van der Waals surface area contributed by atoms with Crippen molar-refractivity contribution in [1.29, 1.82) is 0 Å². The summed E-state index contributed by atoms with van der Waals surface area (Å²) in [4.78, 5) is 6.70. The molecule has 0 saturated carbocycles. The van der Waals surface area contributed by atoms with E-state index in [-0.39, 0.29) is 6.10 Å². The summed E-state index contributed by atoms with van der Waals surface area (Å²) in [6.07, 6.45) is 5.84. The molecule has 2 aromatic rings. The van der Waals surface area contributed by atoms with Crippen LogP contribution >= 0.6 is 22.7 Å². The molecule has 142 valence electrons. The summed E-state index contributed by atoms with van der Waals surface area (Å²) in [5.74, 6) is 0. The van der Waals surface area contributed by atoms with Crippen molar-refractivity contribution in [3.63, 3.8) is 0 Å². The summed E-state index contributed by atoms with van der Waals surface area (Å²) in [6, 6.07) is 3.97. The van der Waals surface area contributed by atoms with Gasteiger partial charge in [0.15, 0.2) is 0 Å². The van der Waals surface area contributed by atoms with Crippen molar-refractivity contribution in [2.45, 2.75) is 42.0 Å². The largest absolute Gasteiger partial charge is 0.467 e. The molecule has 6 nitrogen and oxygen atoms in total. The van der Waals surface area contributed by atoms with E-state index in [1.54, 1.807) is 22.6 Å². The molecule has 0 aromatic carbocycles. The molecule has 2 saturated heterocycles. The molecule has 2 aromatic heterocycles. The first kappa shape index (κ1) is 18.4. The van der Waals surface area contributed by atoms with Gasteiger partial charge in [0.2, 0.25) is 0 Å². The third-order valence-electron chi connectivity index (χ3n) is 5.18. The van der Waals surface area contributed by atoms with Crippen LogP contribution in [0.5, 0.6) is 5.19 Å². The Morgan fingerprint density at radius 1 is 1.04 bits per heavy atom. The summed E-state index contributed by atoms with van der Waals surface area (Å²) in [5, 5.41) is 4.51. The number of rotatable bonds is 5. The van der Waals surface area contributed by atoms with Gasteiger partial charge in [0, 0.05) is 43.8 Å². The predicted molar refractivity (Wildman–Crippen MR) is 103 cm³/mol. The number of ether oxygens (including phenoxy) is 1. The number of thiophene rings is 1. The first-order chi connectivity index (χ1) is 12.6. The Labute approximate surface area is 162 Å². The lowest BCUT2D eigenvalue weighted by Gasteiger charge is -2.41. The van der Waals surface area contributed by atoms with E-state index in [0.29, 0.717) is 23.3 Å². The van der Waals surface area contributed by atoms with Crippen molar-refractivity contribution in [3.8, 4) is 5.19 Å². The molecular formula is C17H23N3O3S3. The topological polar surface area (TPSA) is 62.7 Å². The minimum atomic E-state index is -3.30. The van der Waals surface area contributed by atoms with E-state index < -0.39 is 10.0 Å². The monoisotopic (exact) mass is 413 g/mol. The number of thiazole rings is 1. The molecular weight excluding hydrogens is 390 g/mol. The molecule has 2 aliphatic rings. The van der Waals surface area contributed by atoms with Crippen LogP contribution in [0.25, 0.3) is 0 Å². The maximum atomic E-state index is 12.6. The lowest BCUT2D eigenvalue weighted by atomic mass is 10.00. The van der Waals surface area contributed by atoms with Crippen molar-refractivity contribution < 1.29 is 13.2 Å². The number of sulfonamides is 1. The molecule has 0 unspecified atom stereocenters. The molecule has 0 spiro atoms. The van der Waals surface area contributed by atoms with Gasteiger partial charge in [-0.3, -0.25) is 0 Å². The average molecular weight is 414 g/mol. The van der Waals surface area contributed by atoms with Gasteiger partial charge in [-0.15, -0.1) is 11.3 Å². The van der Waals surface area contributed by atoms with Gasteiger partial charge in [0.1, 0.15) is 10.3 Å². The predicted octanol–water partition coefficient (Wildman–Crippen LogP) is 2.90. The fourth-order valence-electron chi connectivity index (χ4n) is 3.76. The van der Waals surface area contributed by atoms with Gasteiger partial charge in [-0.2, -0.15) is 4.31 Å². The van der Waals surface area contributed by atoms with Crippen LogP contribution in [0, 0.1) is 0 Å². The van der Waals surface area contributed by atoms with E-state index in [9.17, 15) is 8.42 Å². The summed E-state index contributed by atoms with van der Waals surface area (Å²) in [5.41, 5.74) is 0. The van der Waals surface area contributed by atoms with Crippen LogP contribution in [0.3, 0.4) is 0 Å². The van der Waals surface area contributed by atoms with Gasteiger partial charge in [0.05, 0.1) is 0 Å². The second-order valence-electron chi connectivity index (χ2n) is 6.72. The van der Waals surface area contributed by atoms with Gasteiger partial charge in [0.25, 0.3) is 15.2 Å². The zero-order chi connectivity index (χ0) is 18.0. The molecule has 4 rings (SSSR count). The van der Waals surface area contributed by atoms with Crippen LogP contribution in [0.15, 0.2) is 33.3 Å². The fraction of sp³-hybridized carbons (Fsp3) is 0.588. The zero-order valence-corrected chi connectivity index (χ0v) is 16.9. The zero-order valence-electron chi connectivity index (χ0n) is 14.5.